The van der Waals surface area contributed by atoms with Gasteiger partial charge in [-0.05, 0) is 16.3 Å². The maximum Gasteiger partial charge on any atom is 0.384 e. The second kappa shape index (κ2) is 3.21. The first kappa shape index (κ1) is 8.86. The number of aryl methyl sites for hydroxylation is 1. The minimum absolute atomic E-state index is 0.0992. The van der Waals surface area contributed by atoms with Crippen molar-refractivity contribution < 1.29 is 9.72 Å². The zero-order chi connectivity index (χ0) is 10.1. The third-order valence-corrected chi connectivity index (χ3v) is 2.49. The molecule has 1 aliphatic rings. The van der Waals surface area contributed by atoms with Gasteiger partial charge in [-0.25, -0.2) is 0 Å². The quantitative estimate of drug-likeness (QED) is 0.392. The molecule has 1 atom stereocenters. The Morgan fingerprint density at radius 3 is 3.14 bits per heavy atom. The maximum atomic E-state index is 10.6. The Morgan fingerprint density at radius 2 is 2.50 bits per heavy atom. The number of hydrogen-bond acceptors (Lipinski definition) is 4. The molecule has 0 saturated carbocycles. The standard InChI is InChI=1S/C8H9N3O3/c12-4-6-1-2-10-5-9-8(11(13)14)7(10)3-6/h4-6H,1-3H2. The van der Waals surface area contributed by atoms with E-state index in [2.05, 4.69) is 4.98 Å². The van der Waals surface area contributed by atoms with E-state index in [4.69, 9.17) is 0 Å². The predicted molar refractivity (Wildman–Crippen MR) is 46.8 cm³/mol. The summed E-state index contributed by atoms with van der Waals surface area (Å²) in [5.41, 5.74) is 0.568. The number of imidazole rings is 1. The van der Waals surface area contributed by atoms with Crippen LogP contribution in [-0.2, 0) is 17.8 Å². The van der Waals surface area contributed by atoms with Gasteiger partial charge in [-0.15, -0.1) is 0 Å². The molecule has 1 aromatic rings. The van der Waals surface area contributed by atoms with E-state index in [1.165, 1.54) is 6.33 Å². The topological polar surface area (TPSA) is 78.0 Å². The van der Waals surface area contributed by atoms with Crippen molar-refractivity contribution in [1.29, 1.82) is 0 Å². The van der Waals surface area contributed by atoms with Crippen molar-refractivity contribution in [2.45, 2.75) is 19.4 Å². The minimum Gasteiger partial charge on any atom is -0.358 e. The van der Waals surface area contributed by atoms with E-state index in [1.807, 2.05) is 0 Å². The first-order valence-corrected chi connectivity index (χ1v) is 4.36. The van der Waals surface area contributed by atoms with Crippen LogP contribution >= 0.6 is 0 Å². The molecule has 0 amide bonds. The largest absolute Gasteiger partial charge is 0.384 e. The van der Waals surface area contributed by atoms with Crippen LogP contribution in [0.1, 0.15) is 12.1 Å². The highest BCUT2D eigenvalue weighted by Crippen LogP contribution is 2.25. The number of rotatable bonds is 2. The first-order chi connectivity index (χ1) is 6.72. The molecular weight excluding hydrogens is 186 g/mol. The van der Waals surface area contributed by atoms with Gasteiger partial charge in [0.15, 0.2) is 0 Å². The van der Waals surface area contributed by atoms with Crippen LogP contribution in [0.2, 0.25) is 0 Å². The lowest BCUT2D eigenvalue weighted by atomic mass is 9.98. The number of carbonyl (C=O) groups excluding carboxylic acids is 1. The second-order valence-electron chi connectivity index (χ2n) is 3.35. The van der Waals surface area contributed by atoms with Crippen LogP contribution in [0.4, 0.5) is 5.82 Å². The number of fused-ring (bicyclic) bond motifs is 1. The molecular formula is C8H9N3O3. The van der Waals surface area contributed by atoms with Gasteiger partial charge in [0.2, 0.25) is 6.33 Å². The molecule has 1 aliphatic heterocycles. The molecule has 14 heavy (non-hydrogen) atoms. The Bertz CT molecular complexity index is 385. The van der Waals surface area contributed by atoms with Gasteiger partial charge in [0, 0.05) is 18.9 Å². The van der Waals surface area contributed by atoms with Gasteiger partial charge < -0.3 is 19.5 Å². The summed E-state index contributed by atoms with van der Waals surface area (Å²) in [5, 5.41) is 10.6. The van der Waals surface area contributed by atoms with Crippen molar-refractivity contribution >= 4 is 12.1 Å². The van der Waals surface area contributed by atoms with Crippen LogP contribution in [0.25, 0.3) is 0 Å². The first-order valence-electron chi connectivity index (χ1n) is 4.36. The number of nitro groups is 1. The van der Waals surface area contributed by atoms with Gasteiger partial charge in [-0.3, -0.25) is 0 Å². The molecule has 6 nitrogen and oxygen atoms in total. The summed E-state index contributed by atoms with van der Waals surface area (Å²) in [7, 11) is 0. The number of aromatic nitrogens is 2. The van der Waals surface area contributed by atoms with Crippen LogP contribution in [0.5, 0.6) is 0 Å². The van der Waals surface area contributed by atoms with Crippen molar-refractivity contribution in [2.24, 2.45) is 5.92 Å². The molecule has 1 unspecified atom stereocenters. The van der Waals surface area contributed by atoms with E-state index in [9.17, 15) is 14.9 Å². The van der Waals surface area contributed by atoms with Gasteiger partial charge in [-0.1, -0.05) is 0 Å². The Hall–Kier alpha value is -1.72. The lowest BCUT2D eigenvalue weighted by molar-refractivity contribution is -0.390. The zero-order valence-corrected chi connectivity index (χ0v) is 7.42. The molecule has 0 N–H and O–H groups in total. The van der Waals surface area contributed by atoms with Gasteiger partial charge in [0.1, 0.15) is 12.0 Å². The van der Waals surface area contributed by atoms with Crippen molar-refractivity contribution in [2.75, 3.05) is 0 Å². The van der Waals surface area contributed by atoms with Crippen molar-refractivity contribution in [3.8, 4) is 0 Å². The van der Waals surface area contributed by atoms with Crippen LogP contribution < -0.4 is 0 Å². The van der Waals surface area contributed by atoms with Gasteiger partial charge >= 0.3 is 5.82 Å². The Morgan fingerprint density at radius 1 is 1.71 bits per heavy atom. The summed E-state index contributed by atoms with van der Waals surface area (Å²) >= 11 is 0. The summed E-state index contributed by atoms with van der Waals surface area (Å²) in [4.78, 5) is 24.4. The highest BCUT2D eigenvalue weighted by atomic mass is 16.6. The van der Waals surface area contributed by atoms with Crippen molar-refractivity contribution in [3.63, 3.8) is 0 Å². The molecule has 0 bridgehead atoms. The summed E-state index contributed by atoms with van der Waals surface area (Å²) in [6.45, 7) is 0.638. The van der Waals surface area contributed by atoms with Crippen LogP contribution in [0.3, 0.4) is 0 Å². The molecule has 2 rings (SSSR count). The lowest BCUT2D eigenvalue weighted by Gasteiger charge is -2.17. The molecule has 0 aromatic carbocycles. The molecule has 0 spiro atoms. The van der Waals surface area contributed by atoms with Crippen molar-refractivity contribution in [1.82, 2.24) is 9.55 Å². The summed E-state index contributed by atoms with van der Waals surface area (Å²) < 4.78 is 1.75. The third kappa shape index (κ3) is 1.28. The van der Waals surface area contributed by atoms with Gasteiger partial charge in [0.05, 0.1) is 0 Å². The summed E-state index contributed by atoms with van der Waals surface area (Å²) in [5.74, 6) is -0.213. The van der Waals surface area contributed by atoms with Crippen LogP contribution in [0, 0.1) is 16.0 Å². The fourth-order valence-electron chi connectivity index (χ4n) is 1.72. The monoisotopic (exact) mass is 195 g/mol. The van der Waals surface area contributed by atoms with Crippen molar-refractivity contribution in [3.05, 3.63) is 22.1 Å². The van der Waals surface area contributed by atoms with Gasteiger partial charge in [0.25, 0.3) is 0 Å². The summed E-state index contributed by atoms with van der Waals surface area (Å²) in [6.07, 6.45) is 3.50. The Kier molecular flexibility index (Phi) is 2.03. The molecule has 0 aliphatic carbocycles. The highest BCUT2D eigenvalue weighted by molar-refractivity contribution is 5.55. The molecule has 74 valence electrons. The normalized spacial score (nSPS) is 20.1. The fourth-order valence-corrected chi connectivity index (χ4v) is 1.72. The third-order valence-electron chi connectivity index (χ3n) is 2.49. The average Bonchev–Trinajstić information content (AvgIpc) is 2.59. The predicted octanol–water partition coefficient (Wildman–Crippen LogP) is 0.553. The average molecular weight is 195 g/mol. The summed E-state index contributed by atoms with van der Waals surface area (Å²) in [6, 6.07) is 0. The lowest BCUT2D eigenvalue weighted by Crippen LogP contribution is -2.19. The second-order valence-corrected chi connectivity index (χ2v) is 3.35. The maximum absolute atomic E-state index is 10.6. The van der Waals surface area contributed by atoms with E-state index in [0.717, 1.165) is 12.7 Å². The van der Waals surface area contributed by atoms with Crippen LogP contribution in [-0.4, -0.2) is 20.8 Å². The van der Waals surface area contributed by atoms with Gasteiger partial charge in [-0.2, -0.15) is 0 Å². The number of carbonyl (C=O) groups is 1. The Labute approximate surface area is 79.7 Å². The minimum atomic E-state index is -0.501. The SMILES string of the molecule is O=CC1CCn2cnc([N+](=O)[O-])c2C1. The molecule has 0 saturated heterocycles. The zero-order valence-electron chi connectivity index (χ0n) is 7.42. The molecule has 6 heteroatoms. The fraction of sp³-hybridized carbons (Fsp3) is 0.500. The van der Waals surface area contributed by atoms with E-state index >= 15 is 0 Å². The van der Waals surface area contributed by atoms with Crippen LogP contribution in [0.15, 0.2) is 6.33 Å². The molecule has 1 aromatic heterocycles. The molecule has 2 heterocycles. The van der Waals surface area contributed by atoms with E-state index in [0.29, 0.717) is 18.7 Å². The van der Waals surface area contributed by atoms with E-state index in [-0.39, 0.29) is 11.7 Å². The smallest absolute Gasteiger partial charge is 0.358 e. The molecule has 0 radical (unpaired) electrons. The van der Waals surface area contributed by atoms with E-state index < -0.39 is 4.92 Å². The molecule has 0 fully saturated rings. The highest BCUT2D eigenvalue weighted by Gasteiger charge is 2.27. The number of nitrogens with zero attached hydrogens (tertiary/aromatic N) is 3. The number of hydrogen-bond donors (Lipinski definition) is 0. The Balaban J connectivity index is 2.37. The van der Waals surface area contributed by atoms with E-state index in [1.54, 1.807) is 4.57 Å². The number of aldehydes is 1.